The number of hydrogen-bond donors (Lipinski definition) is 4. The Hall–Kier alpha value is -4.54. The number of alkyl carbamates (subject to hydrolysis) is 1. The molecule has 3 heterocycles. The van der Waals surface area contributed by atoms with Crippen molar-refractivity contribution in [1.82, 2.24) is 10.2 Å². The molecule has 0 aromatic heterocycles. The number of methoxy groups -OCH3 is 3. The van der Waals surface area contributed by atoms with Gasteiger partial charge in [-0.25, -0.2) is 9.59 Å². The SMILES string of the molecule is C#CCOC(=O)N[C@H]1CC[C@@H](C[C@@H](N)[C@@H]2CC(=O)[C@H](C)/C=C(\C)[C@@H](O)[C@@H](OC)C(=O)[C@H](C)C[C@H](C)/C=C/C=C/C=C(\C)[C@@H](OC)C[C@@H]3CC[C@@H](C)[C@@](O)(O3)C(=O)C(=O)N3CCCC[C@H]3C(=O)O2)C[C@H]1OC. The molecule has 4 rings (SSSR count). The van der Waals surface area contributed by atoms with Crippen molar-refractivity contribution in [1.29, 1.82) is 0 Å². The van der Waals surface area contributed by atoms with Crippen LogP contribution in [0.4, 0.5) is 4.79 Å². The molecule has 71 heavy (non-hydrogen) atoms. The number of Topliss-reactive ketones (excluding diaryl/α,β-unsaturated/α-hetero) is 3. The number of allylic oxidation sites excluding steroid dienone is 6. The summed E-state index contributed by atoms with van der Waals surface area (Å²) in [6.07, 6.45) is 14.7. The maximum absolute atomic E-state index is 14.5. The molecular weight excluding hydrogens is 915 g/mol. The van der Waals surface area contributed by atoms with Crippen molar-refractivity contribution in [3.63, 3.8) is 0 Å². The lowest BCUT2D eigenvalue weighted by Gasteiger charge is -2.42. The highest BCUT2D eigenvalue weighted by molar-refractivity contribution is 6.39. The third-order valence-corrected chi connectivity index (χ3v) is 14.8. The minimum Gasteiger partial charge on any atom is -0.459 e. The van der Waals surface area contributed by atoms with E-state index in [0.717, 1.165) is 10.5 Å². The van der Waals surface area contributed by atoms with Gasteiger partial charge >= 0.3 is 12.1 Å². The van der Waals surface area contributed by atoms with Gasteiger partial charge in [-0.3, -0.25) is 19.2 Å². The molecule has 396 valence electrons. The fraction of sp³-hybridized carbons (Fsp3) is 0.704. The number of rotatable bonds is 8. The zero-order valence-electron chi connectivity index (χ0n) is 43.3. The number of fused-ring (bicyclic) bond motifs is 3. The highest BCUT2D eigenvalue weighted by Gasteiger charge is 2.53. The van der Waals surface area contributed by atoms with E-state index >= 15 is 0 Å². The van der Waals surface area contributed by atoms with Gasteiger partial charge in [0.25, 0.3) is 11.7 Å². The van der Waals surface area contributed by atoms with Crippen molar-refractivity contribution in [2.45, 2.75) is 179 Å². The lowest BCUT2D eigenvalue weighted by atomic mass is 9.79. The summed E-state index contributed by atoms with van der Waals surface area (Å²) >= 11 is 0. The Bertz CT molecular complexity index is 2010. The van der Waals surface area contributed by atoms with Crippen molar-refractivity contribution in [3.8, 4) is 12.3 Å². The van der Waals surface area contributed by atoms with Gasteiger partial charge in [0.1, 0.15) is 30.1 Å². The molecule has 2 bridgehead atoms. The van der Waals surface area contributed by atoms with Crippen molar-refractivity contribution in [2.24, 2.45) is 35.3 Å². The second-order valence-electron chi connectivity index (χ2n) is 20.2. The number of ether oxygens (including phenoxy) is 6. The smallest absolute Gasteiger partial charge is 0.408 e. The topological polar surface area (TPSA) is 240 Å². The van der Waals surface area contributed by atoms with E-state index in [1.165, 1.54) is 14.2 Å². The number of terminal acetylenes is 1. The Morgan fingerprint density at radius 3 is 2.35 bits per heavy atom. The summed E-state index contributed by atoms with van der Waals surface area (Å²) in [7, 11) is 4.45. The van der Waals surface area contributed by atoms with Gasteiger partial charge in [0.15, 0.2) is 12.4 Å². The number of aliphatic hydroxyl groups excluding tert-OH is 1. The fourth-order valence-electron chi connectivity index (χ4n) is 10.4. The summed E-state index contributed by atoms with van der Waals surface area (Å²) in [5.74, 6) is -6.14. The van der Waals surface area contributed by atoms with Crippen LogP contribution in [0.1, 0.15) is 119 Å². The number of nitrogens with one attached hydrogen (secondary N) is 1. The second kappa shape index (κ2) is 28.1. The molecule has 0 unspecified atom stereocenters. The van der Waals surface area contributed by atoms with Crippen LogP contribution in [0.3, 0.4) is 0 Å². The lowest BCUT2D eigenvalue weighted by molar-refractivity contribution is -0.265. The van der Waals surface area contributed by atoms with E-state index in [9.17, 15) is 39.0 Å². The molecule has 4 aliphatic rings. The number of amides is 2. The third kappa shape index (κ3) is 16.2. The van der Waals surface area contributed by atoms with Gasteiger partial charge in [0, 0.05) is 64.5 Å². The van der Waals surface area contributed by atoms with Crippen molar-refractivity contribution in [2.75, 3.05) is 34.5 Å². The molecule has 5 N–H and O–H groups in total. The van der Waals surface area contributed by atoms with Gasteiger partial charge in [-0.05, 0) is 101 Å². The number of cyclic esters (lactones) is 1. The summed E-state index contributed by atoms with van der Waals surface area (Å²) in [5.41, 5.74) is 8.12. The van der Waals surface area contributed by atoms with Crippen LogP contribution in [-0.2, 0) is 52.4 Å². The maximum Gasteiger partial charge on any atom is 0.408 e. The predicted octanol–water partition coefficient (Wildman–Crippen LogP) is 5.24. The first-order valence-electron chi connectivity index (χ1n) is 25.3. The van der Waals surface area contributed by atoms with Crippen LogP contribution in [0.5, 0.6) is 0 Å². The molecule has 1 aliphatic carbocycles. The molecule has 2 saturated heterocycles. The van der Waals surface area contributed by atoms with E-state index in [4.69, 9.17) is 40.6 Å². The van der Waals surface area contributed by atoms with E-state index in [1.807, 2.05) is 44.2 Å². The zero-order chi connectivity index (χ0) is 52.6. The molecule has 2 amide bonds. The number of hydrogen-bond acceptors (Lipinski definition) is 15. The van der Waals surface area contributed by atoms with Crippen LogP contribution in [0.25, 0.3) is 0 Å². The monoisotopic (exact) mass is 996 g/mol. The van der Waals surface area contributed by atoms with E-state index < -0.39 is 96.0 Å². The quantitative estimate of drug-likeness (QED) is 0.105. The van der Waals surface area contributed by atoms with E-state index in [0.29, 0.717) is 56.9 Å². The van der Waals surface area contributed by atoms with Crippen LogP contribution in [0, 0.1) is 41.9 Å². The standard InChI is InChI=1S/C54H81N3O14/c1-11-25-69-53(64)56-41-23-21-38(29-46(41)67-9)28-40(55)45-31-43(58)34(4)27-36(6)48(60)49(68-10)47(59)35(5)26-32(2)17-13-12-14-18-33(3)44(66-8)30-39-22-20-37(7)54(65,71-39)50(61)51(62)57-24-16-15-19-42(57)52(63)70-45/h1,12-14,17-18,27,32,34-35,37-42,44-46,48-49,60,65H,15-16,19-26,28-31,55H2,2-10H3,(H,56,64)/b14-12+,17-13+,33-18+,36-27+/t32-,34-,35-,37-,38+,39+,40-,41+,42+,44+,45+,46-,48-,49+,54-/m1/s1. The number of aliphatic hydroxyl groups is 2. The first-order valence-corrected chi connectivity index (χ1v) is 25.3. The molecule has 0 radical (unpaired) electrons. The highest BCUT2D eigenvalue weighted by atomic mass is 16.6. The van der Waals surface area contributed by atoms with Crippen molar-refractivity contribution in [3.05, 3.63) is 47.6 Å². The average Bonchev–Trinajstić information content (AvgIpc) is 3.35. The van der Waals surface area contributed by atoms with Gasteiger partial charge in [0.05, 0.1) is 24.4 Å². The second-order valence-corrected chi connectivity index (χ2v) is 20.2. The number of esters is 1. The number of piperidine rings is 1. The van der Waals surface area contributed by atoms with E-state index in [1.54, 1.807) is 40.9 Å². The number of nitrogens with zero attached hydrogens (tertiary/aromatic N) is 1. The summed E-state index contributed by atoms with van der Waals surface area (Å²) in [6, 6.07) is -2.50. The molecule has 0 aromatic carbocycles. The molecular formula is C54H81N3O14. The van der Waals surface area contributed by atoms with E-state index in [-0.39, 0.29) is 68.3 Å². The van der Waals surface area contributed by atoms with Gasteiger partial charge in [-0.1, -0.05) is 70.1 Å². The highest BCUT2D eigenvalue weighted by Crippen LogP contribution is 2.37. The van der Waals surface area contributed by atoms with Crippen LogP contribution in [-0.4, -0.2) is 145 Å². The molecule has 0 spiro atoms. The summed E-state index contributed by atoms with van der Waals surface area (Å²) in [6.45, 7) is 10.4. The fourth-order valence-corrected chi connectivity index (χ4v) is 10.4. The van der Waals surface area contributed by atoms with Crippen LogP contribution in [0.2, 0.25) is 0 Å². The third-order valence-electron chi connectivity index (χ3n) is 14.8. The predicted molar refractivity (Wildman–Crippen MR) is 265 cm³/mol. The normalized spacial score (nSPS) is 37.7. The first-order chi connectivity index (χ1) is 33.7. The summed E-state index contributed by atoms with van der Waals surface area (Å²) < 4.78 is 34.5. The van der Waals surface area contributed by atoms with Crippen LogP contribution < -0.4 is 11.1 Å². The Balaban J connectivity index is 1.69. The summed E-state index contributed by atoms with van der Waals surface area (Å²) in [4.78, 5) is 84.4. The minimum absolute atomic E-state index is 0.00697. The molecule has 1 saturated carbocycles. The Kier molecular flexibility index (Phi) is 23.3. The van der Waals surface area contributed by atoms with Crippen LogP contribution >= 0.6 is 0 Å². The molecule has 3 fully saturated rings. The Morgan fingerprint density at radius 2 is 1.68 bits per heavy atom. The van der Waals surface area contributed by atoms with Gasteiger partial charge < -0.3 is 54.6 Å². The van der Waals surface area contributed by atoms with Gasteiger partial charge in [-0.15, -0.1) is 6.42 Å². The molecule has 3 aliphatic heterocycles. The van der Waals surface area contributed by atoms with Crippen molar-refractivity contribution >= 4 is 35.3 Å². The van der Waals surface area contributed by atoms with Crippen molar-refractivity contribution < 1.29 is 67.4 Å². The molecule has 17 heteroatoms. The minimum atomic E-state index is -2.47. The first kappa shape index (κ1) is 59.0. The Labute approximate surface area is 420 Å². The number of ketones is 3. The van der Waals surface area contributed by atoms with Gasteiger partial charge in [0.2, 0.25) is 5.79 Å². The number of carbonyl (C=O) groups is 6. The molecule has 15 atom stereocenters. The molecule has 17 nitrogen and oxygen atoms in total. The lowest BCUT2D eigenvalue weighted by Crippen LogP contribution is -2.61. The largest absolute Gasteiger partial charge is 0.459 e. The average molecular weight is 996 g/mol. The van der Waals surface area contributed by atoms with E-state index in [2.05, 4.69) is 11.2 Å². The summed E-state index contributed by atoms with van der Waals surface area (Å²) in [5, 5.41) is 26.3. The maximum atomic E-state index is 14.5. The number of nitrogens with two attached hydrogens (primary N) is 1. The van der Waals surface area contributed by atoms with Crippen LogP contribution in [0.15, 0.2) is 47.6 Å². The van der Waals surface area contributed by atoms with Gasteiger partial charge in [-0.2, -0.15) is 0 Å². The number of carbonyl (C=O) groups excluding carboxylic acids is 6. The Morgan fingerprint density at radius 1 is 0.944 bits per heavy atom. The molecule has 0 aromatic rings. The zero-order valence-corrected chi connectivity index (χ0v) is 43.3.